The number of rotatable bonds is 5. The number of amides is 1. The van der Waals surface area contributed by atoms with Crippen LogP contribution in [0.5, 0.6) is 0 Å². The first-order valence-electron chi connectivity index (χ1n) is 9.16. The molecule has 0 unspecified atom stereocenters. The van der Waals surface area contributed by atoms with Crippen molar-refractivity contribution in [1.29, 1.82) is 0 Å². The summed E-state index contributed by atoms with van der Waals surface area (Å²) in [6.45, 7) is 3.98. The second-order valence-electron chi connectivity index (χ2n) is 7.03. The van der Waals surface area contributed by atoms with E-state index in [1.807, 2.05) is 17.0 Å². The molecule has 26 heavy (non-hydrogen) atoms. The van der Waals surface area contributed by atoms with E-state index in [-0.39, 0.29) is 17.7 Å². The van der Waals surface area contributed by atoms with E-state index in [0.717, 1.165) is 24.8 Å². The number of likely N-dealkylation sites (tertiary alicyclic amines) is 1. The topological polar surface area (TPSA) is 70.8 Å². The molecule has 0 bridgehead atoms. The first-order valence-corrected chi connectivity index (χ1v) is 9.16. The Morgan fingerprint density at radius 3 is 2.58 bits per heavy atom. The fourth-order valence-corrected chi connectivity index (χ4v) is 3.53. The third-order valence-corrected chi connectivity index (χ3v) is 4.89. The van der Waals surface area contributed by atoms with Gasteiger partial charge in [0.05, 0.1) is 6.10 Å². The highest BCUT2D eigenvalue weighted by atomic mass is 16.4. The second-order valence-corrected chi connectivity index (χ2v) is 7.03. The van der Waals surface area contributed by atoms with Crippen molar-refractivity contribution < 1.29 is 19.1 Å². The molecule has 0 aliphatic carbocycles. The summed E-state index contributed by atoms with van der Waals surface area (Å²) in [6, 6.07) is 10.7. The SMILES string of the molecule is CC(=O)c1ccc(-c2ccc(C(=O)N3CCCC[C@H]3C[C@H](C)O)o2)cc1. The molecule has 3 rings (SSSR count). The quantitative estimate of drug-likeness (QED) is 0.826. The Balaban J connectivity index is 1.77. The summed E-state index contributed by atoms with van der Waals surface area (Å²) in [5, 5.41) is 9.70. The van der Waals surface area contributed by atoms with Crippen LogP contribution < -0.4 is 0 Å². The largest absolute Gasteiger partial charge is 0.451 e. The summed E-state index contributed by atoms with van der Waals surface area (Å²) < 4.78 is 5.80. The normalized spacial score (nSPS) is 18.6. The van der Waals surface area contributed by atoms with Crippen LogP contribution in [0.2, 0.25) is 0 Å². The highest BCUT2D eigenvalue weighted by Crippen LogP contribution is 2.27. The summed E-state index contributed by atoms with van der Waals surface area (Å²) in [4.78, 5) is 26.1. The van der Waals surface area contributed by atoms with Crippen molar-refractivity contribution in [2.24, 2.45) is 0 Å². The van der Waals surface area contributed by atoms with E-state index in [4.69, 9.17) is 4.42 Å². The maximum absolute atomic E-state index is 12.9. The van der Waals surface area contributed by atoms with Crippen LogP contribution in [-0.4, -0.2) is 40.4 Å². The maximum Gasteiger partial charge on any atom is 0.289 e. The van der Waals surface area contributed by atoms with E-state index in [9.17, 15) is 14.7 Å². The molecular formula is C21H25NO4. The number of carbonyl (C=O) groups is 2. The predicted octanol–water partition coefficient (Wildman–Crippen LogP) is 3.91. The summed E-state index contributed by atoms with van der Waals surface area (Å²) in [5.41, 5.74) is 1.47. The Labute approximate surface area is 153 Å². The minimum absolute atomic E-state index is 0.0149. The third kappa shape index (κ3) is 4.05. The van der Waals surface area contributed by atoms with Gasteiger partial charge in [0.15, 0.2) is 11.5 Å². The van der Waals surface area contributed by atoms with Gasteiger partial charge in [-0.15, -0.1) is 0 Å². The first-order chi connectivity index (χ1) is 12.5. The van der Waals surface area contributed by atoms with Crippen LogP contribution in [0, 0.1) is 0 Å². The molecule has 138 valence electrons. The van der Waals surface area contributed by atoms with Crippen molar-refractivity contribution in [3.8, 4) is 11.3 Å². The van der Waals surface area contributed by atoms with E-state index >= 15 is 0 Å². The minimum atomic E-state index is -0.430. The molecule has 1 aliphatic rings. The van der Waals surface area contributed by atoms with Gasteiger partial charge in [-0.25, -0.2) is 0 Å². The Hall–Kier alpha value is -2.40. The van der Waals surface area contributed by atoms with Crippen molar-refractivity contribution in [1.82, 2.24) is 4.90 Å². The highest BCUT2D eigenvalue weighted by Gasteiger charge is 2.30. The first kappa shape index (κ1) is 18.4. The van der Waals surface area contributed by atoms with Crippen LogP contribution in [0.1, 0.15) is 60.4 Å². The average molecular weight is 355 g/mol. The summed E-state index contributed by atoms with van der Waals surface area (Å²) in [7, 11) is 0. The molecule has 1 amide bonds. The summed E-state index contributed by atoms with van der Waals surface area (Å²) >= 11 is 0. The van der Waals surface area contributed by atoms with Gasteiger partial charge >= 0.3 is 0 Å². The highest BCUT2D eigenvalue weighted by molar-refractivity contribution is 5.94. The number of piperidine rings is 1. The van der Waals surface area contributed by atoms with Crippen LogP contribution in [0.4, 0.5) is 0 Å². The van der Waals surface area contributed by atoms with Gasteiger partial charge in [0.2, 0.25) is 0 Å². The Morgan fingerprint density at radius 2 is 1.92 bits per heavy atom. The molecule has 0 saturated carbocycles. The van der Waals surface area contributed by atoms with Crippen molar-refractivity contribution in [3.05, 3.63) is 47.7 Å². The van der Waals surface area contributed by atoms with Crippen molar-refractivity contribution in [2.75, 3.05) is 6.54 Å². The standard InChI is InChI=1S/C21H25NO4/c1-14(23)13-18-5-3-4-12-22(18)21(25)20-11-10-19(26-20)17-8-6-16(7-9-17)15(2)24/h6-11,14,18,23H,3-5,12-13H2,1-2H3/t14-,18-/m0/s1. The lowest BCUT2D eigenvalue weighted by molar-refractivity contribution is 0.0486. The van der Waals surface area contributed by atoms with E-state index in [0.29, 0.717) is 30.0 Å². The van der Waals surface area contributed by atoms with E-state index in [1.54, 1.807) is 31.2 Å². The number of ketones is 1. The smallest absolute Gasteiger partial charge is 0.289 e. The van der Waals surface area contributed by atoms with E-state index in [2.05, 4.69) is 0 Å². The van der Waals surface area contributed by atoms with Crippen LogP contribution in [-0.2, 0) is 0 Å². The monoisotopic (exact) mass is 355 g/mol. The lowest BCUT2D eigenvalue weighted by atomic mass is 9.97. The van der Waals surface area contributed by atoms with Gasteiger partial charge in [0.1, 0.15) is 5.76 Å². The number of Topliss-reactive ketones (excluding diaryl/α,β-unsaturated/α-hetero) is 1. The molecule has 1 aliphatic heterocycles. The Kier molecular flexibility index (Phi) is 5.57. The Morgan fingerprint density at radius 1 is 1.19 bits per heavy atom. The summed E-state index contributed by atoms with van der Waals surface area (Å²) in [5.74, 6) is 0.809. The van der Waals surface area contributed by atoms with Crippen molar-refractivity contribution in [2.45, 2.75) is 51.7 Å². The van der Waals surface area contributed by atoms with Gasteiger partial charge in [-0.1, -0.05) is 24.3 Å². The number of aliphatic hydroxyl groups excluding tert-OH is 1. The number of hydrogen-bond acceptors (Lipinski definition) is 4. The molecule has 5 nitrogen and oxygen atoms in total. The summed E-state index contributed by atoms with van der Waals surface area (Å²) in [6.07, 6.45) is 3.12. The molecule has 2 aromatic rings. The molecule has 1 aromatic carbocycles. The number of benzene rings is 1. The van der Waals surface area contributed by atoms with Crippen LogP contribution in [0.3, 0.4) is 0 Å². The predicted molar refractivity (Wildman–Crippen MR) is 99.1 cm³/mol. The zero-order valence-electron chi connectivity index (χ0n) is 15.3. The number of carbonyl (C=O) groups excluding carboxylic acids is 2. The number of furan rings is 1. The number of hydrogen-bond donors (Lipinski definition) is 1. The van der Waals surface area contributed by atoms with E-state index < -0.39 is 6.10 Å². The fourth-order valence-electron chi connectivity index (χ4n) is 3.53. The van der Waals surface area contributed by atoms with Gasteiger partial charge in [-0.05, 0) is 51.7 Å². The lowest BCUT2D eigenvalue weighted by Crippen LogP contribution is -2.44. The molecule has 1 saturated heterocycles. The third-order valence-electron chi connectivity index (χ3n) is 4.89. The fraction of sp³-hybridized carbons (Fsp3) is 0.429. The minimum Gasteiger partial charge on any atom is -0.451 e. The molecule has 0 spiro atoms. The molecule has 2 atom stereocenters. The second kappa shape index (κ2) is 7.87. The van der Waals surface area contributed by atoms with E-state index in [1.165, 1.54) is 6.92 Å². The van der Waals surface area contributed by atoms with Gasteiger partial charge in [0.25, 0.3) is 5.91 Å². The molecule has 0 radical (unpaired) electrons. The lowest BCUT2D eigenvalue weighted by Gasteiger charge is -2.36. The number of nitrogens with zero attached hydrogens (tertiary/aromatic N) is 1. The molecular weight excluding hydrogens is 330 g/mol. The number of aliphatic hydroxyl groups is 1. The average Bonchev–Trinajstić information content (AvgIpc) is 3.11. The Bertz CT molecular complexity index is 776. The van der Waals surface area contributed by atoms with Crippen molar-refractivity contribution >= 4 is 11.7 Å². The molecule has 2 heterocycles. The molecule has 5 heteroatoms. The van der Waals surface area contributed by atoms with Crippen molar-refractivity contribution in [3.63, 3.8) is 0 Å². The zero-order chi connectivity index (χ0) is 18.7. The maximum atomic E-state index is 12.9. The zero-order valence-corrected chi connectivity index (χ0v) is 15.3. The van der Waals surface area contributed by atoms with Gasteiger partial charge in [-0.2, -0.15) is 0 Å². The van der Waals surface area contributed by atoms with Crippen LogP contribution in [0.15, 0.2) is 40.8 Å². The van der Waals surface area contributed by atoms with Crippen LogP contribution >= 0.6 is 0 Å². The molecule has 1 fully saturated rings. The van der Waals surface area contributed by atoms with Crippen LogP contribution in [0.25, 0.3) is 11.3 Å². The molecule has 1 N–H and O–H groups in total. The van der Waals surface area contributed by atoms with Gasteiger partial charge < -0.3 is 14.4 Å². The van der Waals surface area contributed by atoms with Gasteiger partial charge in [-0.3, -0.25) is 9.59 Å². The molecule has 1 aromatic heterocycles. The van der Waals surface area contributed by atoms with Gasteiger partial charge in [0, 0.05) is 23.7 Å².